The molecule has 0 aliphatic carbocycles. The van der Waals surface area contributed by atoms with Crippen LogP contribution in [0, 0.1) is 0 Å². The molecule has 1 saturated heterocycles. The summed E-state index contributed by atoms with van der Waals surface area (Å²) in [5, 5.41) is 9.03. The van der Waals surface area contributed by atoms with Gasteiger partial charge in [0.2, 0.25) is 0 Å². The van der Waals surface area contributed by atoms with Gasteiger partial charge in [0, 0.05) is 11.1 Å². The Balaban J connectivity index is 1.82. The largest absolute Gasteiger partial charge is 0.303 e. The minimum atomic E-state index is 0.284. The van der Waals surface area contributed by atoms with Crippen molar-refractivity contribution in [3.8, 4) is 0 Å². The summed E-state index contributed by atoms with van der Waals surface area (Å²) in [7, 11) is 0. The van der Waals surface area contributed by atoms with E-state index in [0.29, 0.717) is 6.04 Å². The number of rotatable bonds is 4. The van der Waals surface area contributed by atoms with E-state index in [-0.39, 0.29) is 6.04 Å². The highest BCUT2D eigenvalue weighted by molar-refractivity contribution is 7.99. The summed E-state index contributed by atoms with van der Waals surface area (Å²) in [6.45, 7) is 0. The highest BCUT2D eigenvalue weighted by Crippen LogP contribution is 2.28. The zero-order valence-corrected chi connectivity index (χ0v) is 13.6. The van der Waals surface area contributed by atoms with E-state index in [1.807, 2.05) is 12.1 Å². The van der Waals surface area contributed by atoms with Gasteiger partial charge in [-0.15, -0.1) is 0 Å². The van der Waals surface area contributed by atoms with Crippen LogP contribution in [-0.2, 0) is 0 Å². The normalized spacial score (nSPS) is 18.1. The van der Waals surface area contributed by atoms with E-state index in [1.54, 1.807) is 11.3 Å². The van der Waals surface area contributed by atoms with Gasteiger partial charge in [-0.1, -0.05) is 23.7 Å². The first-order valence-corrected chi connectivity index (χ1v) is 9.42. The molecular formula is C16H18ClNS2. The third-order valence-corrected chi connectivity index (χ3v) is 5.71. The summed E-state index contributed by atoms with van der Waals surface area (Å²) >= 11 is 9.84. The molecule has 4 heteroatoms. The highest BCUT2D eigenvalue weighted by Gasteiger charge is 2.21. The van der Waals surface area contributed by atoms with Crippen molar-refractivity contribution in [3.63, 3.8) is 0 Å². The lowest BCUT2D eigenvalue weighted by Crippen LogP contribution is -2.36. The molecule has 1 nitrogen and oxygen atoms in total. The van der Waals surface area contributed by atoms with Gasteiger partial charge in [0.25, 0.3) is 0 Å². The Kier molecular flexibility index (Phi) is 5.05. The van der Waals surface area contributed by atoms with Gasteiger partial charge in [0.05, 0.1) is 6.04 Å². The maximum atomic E-state index is 6.01. The third kappa shape index (κ3) is 3.59. The van der Waals surface area contributed by atoms with Gasteiger partial charge in [0.15, 0.2) is 0 Å². The lowest BCUT2D eigenvalue weighted by molar-refractivity contribution is 0.446. The van der Waals surface area contributed by atoms with Crippen LogP contribution < -0.4 is 5.32 Å². The monoisotopic (exact) mass is 323 g/mol. The molecule has 2 aromatic rings. The first kappa shape index (κ1) is 14.5. The molecule has 1 fully saturated rings. The van der Waals surface area contributed by atoms with Gasteiger partial charge in [-0.3, -0.25) is 0 Å². The van der Waals surface area contributed by atoms with Crippen molar-refractivity contribution in [3.05, 3.63) is 57.2 Å². The van der Waals surface area contributed by atoms with Crippen LogP contribution in [-0.4, -0.2) is 17.5 Å². The first-order chi connectivity index (χ1) is 9.83. The molecule has 20 heavy (non-hydrogen) atoms. The number of nitrogens with one attached hydrogen (secondary N) is 1. The summed E-state index contributed by atoms with van der Waals surface area (Å²) in [5.74, 6) is 2.54. The molecule has 0 amide bonds. The molecule has 1 N–H and O–H groups in total. The van der Waals surface area contributed by atoms with E-state index in [4.69, 9.17) is 11.6 Å². The van der Waals surface area contributed by atoms with Crippen molar-refractivity contribution >= 4 is 34.7 Å². The van der Waals surface area contributed by atoms with Crippen LogP contribution in [0.5, 0.6) is 0 Å². The van der Waals surface area contributed by atoms with Crippen LogP contribution in [0.3, 0.4) is 0 Å². The third-order valence-electron chi connectivity index (χ3n) is 3.70. The van der Waals surface area contributed by atoms with E-state index < -0.39 is 0 Å². The second-order valence-electron chi connectivity index (χ2n) is 5.09. The van der Waals surface area contributed by atoms with Crippen molar-refractivity contribution in [2.45, 2.75) is 24.9 Å². The number of thiophene rings is 1. The SMILES string of the molecule is Clc1ccc(C(NC2CCSCC2)c2ccsc2)cc1. The van der Waals surface area contributed by atoms with Crippen molar-refractivity contribution in [2.24, 2.45) is 0 Å². The fourth-order valence-electron chi connectivity index (χ4n) is 2.58. The molecule has 2 heterocycles. The molecule has 1 unspecified atom stereocenters. The van der Waals surface area contributed by atoms with Crippen molar-refractivity contribution in [2.75, 3.05) is 11.5 Å². The van der Waals surface area contributed by atoms with Crippen LogP contribution in [0.15, 0.2) is 41.1 Å². The van der Waals surface area contributed by atoms with E-state index >= 15 is 0 Å². The molecule has 3 rings (SSSR count). The standard InChI is InChI=1S/C16H18ClNS2/c17-14-3-1-12(2-4-14)16(13-5-8-20-11-13)18-15-6-9-19-10-7-15/h1-5,8,11,15-16,18H,6-7,9-10H2. The Bertz CT molecular complexity index is 518. The number of thioether (sulfide) groups is 1. The summed E-state index contributed by atoms with van der Waals surface area (Å²) in [6.07, 6.45) is 2.53. The molecule has 1 aromatic carbocycles. The summed E-state index contributed by atoms with van der Waals surface area (Å²) in [6, 6.07) is 11.4. The molecular weight excluding hydrogens is 306 g/mol. The first-order valence-electron chi connectivity index (χ1n) is 6.94. The van der Waals surface area contributed by atoms with Crippen LogP contribution in [0.1, 0.15) is 30.0 Å². The molecule has 1 aliphatic heterocycles. The van der Waals surface area contributed by atoms with E-state index in [1.165, 1.54) is 35.5 Å². The average Bonchev–Trinajstić information content (AvgIpc) is 3.01. The highest BCUT2D eigenvalue weighted by atomic mass is 35.5. The molecule has 0 spiro atoms. The average molecular weight is 324 g/mol. The van der Waals surface area contributed by atoms with Crippen LogP contribution in [0.4, 0.5) is 0 Å². The van der Waals surface area contributed by atoms with Crippen LogP contribution in [0.25, 0.3) is 0 Å². The van der Waals surface area contributed by atoms with Gasteiger partial charge in [0.1, 0.15) is 0 Å². The Morgan fingerprint density at radius 3 is 2.45 bits per heavy atom. The Morgan fingerprint density at radius 2 is 1.80 bits per heavy atom. The summed E-state index contributed by atoms with van der Waals surface area (Å²) < 4.78 is 0. The summed E-state index contributed by atoms with van der Waals surface area (Å²) in [4.78, 5) is 0. The number of hydrogen-bond donors (Lipinski definition) is 1. The maximum absolute atomic E-state index is 6.01. The van der Waals surface area contributed by atoms with Crippen LogP contribution >= 0.6 is 34.7 Å². The zero-order chi connectivity index (χ0) is 13.8. The molecule has 1 atom stereocenters. The second-order valence-corrected chi connectivity index (χ2v) is 7.54. The van der Waals surface area contributed by atoms with Gasteiger partial charge >= 0.3 is 0 Å². The molecule has 0 bridgehead atoms. The molecule has 0 radical (unpaired) electrons. The van der Waals surface area contributed by atoms with Crippen molar-refractivity contribution < 1.29 is 0 Å². The van der Waals surface area contributed by atoms with Gasteiger partial charge in [-0.05, 0) is 64.4 Å². The number of benzene rings is 1. The summed E-state index contributed by atoms with van der Waals surface area (Å²) in [5.41, 5.74) is 2.65. The quantitative estimate of drug-likeness (QED) is 0.852. The fourth-order valence-corrected chi connectivity index (χ4v) is 4.50. The molecule has 1 aromatic heterocycles. The van der Waals surface area contributed by atoms with Gasteiger partial charge in [-0.25, -0.2) is 0 Å². The number of hydrogen-bond acceptors (Lipinski definition) is 3. The Labute approximate surface area is 133 Å². The van der Waals surface area contributed by atoms with E-state index in [2.05, 4.69) is 46.0 Å². The fraction of sp³-hybridized carbons (Fsp3) is 0.375. The van der Waals surface area contributed by atoms with Gasteiger partial charge < -0.3 is 5.32 Å². The van der Waals surface area contributed by atoms with Crippen molar-refractivity contribution in [1.82, 2.24) is 5.32 Å². The maximum Gasteiger partial charge on any atom is 0.0587 e. The van der Waals surface area contributed by atoms with Gasteiger partial charge in [-0.2, -0.15) is 23.1 Å². The Hall–Kier alpha value is -0.480. The predicted molar refractivity (Wildman–Crippen MR) is 91.1 cm³/mol. The number of halogens is 1. The van der Waals surface area contributed by atoms with Crippen molar-refractivity contribution in [1.29, 1.82) is 0 Å². The Morgan fingerprint density at radius 1 is 1.05 bits per heavy atom. The van der Waals surface area contributed by atoms with E-state index in [0.717, 1.165) is 5.02 Å². The smallest absolute Gasteiger partial charge is 0.0587 e. The second kappa shape index (κ2) is 6.99. The van der Waals surface area contributed by atoms with E-state index in [9.17, 15) is 0 Å². The zero-order valence-electron chi connectivity index (χ0n) is 11.2. The minimum absolute atomic E-state index is 0.284. The lowest BCUT2D eigenvalue weighted by atomic mass is 9.99. The predicted octanol–water partition coefficient (Wildman–Crippen LogP) is 4.98. The lowest BCUT2D eigenvalue weighted by Gasteiger charge is -2.28. The molecule has 0 saturated carbocycles. The van der Waals surface area contributed by atoms with Crippen LogP contribution in [0.2, 0.25) is 5.02 Å². The molecule has 106 valence electrons. The molecule has 1 aliphatic rings. The minimum Gasteiger partial charge on any atom is -0.303 e. The topological polar surface area (TPSA) is 12.0 Å².